The van der Waals surface area contributed by atoms with Crippen LogP contribution in [0, 0.1) is 13.8 Å². The highest BCUT2D eigenvalue weighted by Gasteiger charge is 2.16. The molecule has 1 amide bonds. The van der Waals surface area contributed by atoms with Crippen molar-refractivity contribution in [2.24, 2.45) is 0 Å². The minimum Gasteiger partial charge on any atom is -0.296 e. The first-order valence-corrected chi connectivity index (χ1v) is 8.60. The highest BCUT2D eigenvalue weighted by molar-refractivity contribution is 7.20. The van der Waals surface area contributed by atoms with Crippen LogP contribution in [-0.2, 0) is 0 Å². The van der Waals surface area contributed by atoms with E-state index < -0.39 is 0 Å². The van der Waals surface area contributed by atoms with Crippen LogP contribution in [0.15, 0.2) is 48.5 Å². The number of hydrogen-bond acceptors (Lipinski definition) is 5. The molecule has 6 nitrogen and oxygen atoms in total. The zero-order valence-corrected chi connectivity index (χ0v) is 14.5. The van der Waals surface area contributed by atoms with Gasteiger partial charge in [0.2, 0.25) is 10.1 Å². The first kappa shape index (κ1) is 15.5. The van der Waals surface area contributed by atoms with Crippen molar-refractivity contribution in [3.8, 4) is 11.4 Å². The van der Waals surface area contributed by atoms with Crippen LogP contribution < -0.4 is 5.32 Å². The standard InChI is InChI=1S/C18H15N5OS/c1-11-6-5-8-13(10-11)16(24)19-17-22-23-15(20-21-18(23)25-17)14-9-4-3-7-12(14)2/h3-10H,1-2H3,(H,19,22,24). The number of anilines is 1. The summed E-state index contributed by atoms with van der Waals surface area (Å²) in [6, 6.07) is 15.4. The van der Waals surface area contributed by atoms with Crippen LogP contribution in [0.5, 0.6) is 0 Å². The largest absolute Gasteiger partial charge is 0.296 e. The summed E-state index contributed by atoms with van der Waals surface area (Å²) in [6.07, 6.45) is 0. The predicted molar refractivity (Wildman–Crippen MR) is 98.0 cm³/mol. The number of amides is 1. The first-order valence-electron chi connectivity index (χ1n) is 7.78. The number of nitrogens with zero attached hydrogens (tertiary/aromatic N) is 4. The van der Waals surface area contributed by atoms with Crippen molar-refractivity contribution in [2.75, 3.05) is 5.32 Å². The average molecular weight is 349 g/mol. The summed E-state index contributed by atoms with van der Waals surface area (Å²) in [7, 11) is 0. The molecule has 2 aromatic heterocycles. The van der Waals surface area contributed by atoms with Crippen LogP contribution >= 0.6 is 11.3 Å². The maximum atomic E-state index is 12.4. The Balaban J connectivity index is 1.67. The maximum absolute atomic E-state index is 12.4. The van der Waals surface area contributed by atoms with Gasteiger partial charge in [0.05, 0.1) is 0 Å². The van der Waals surface area contributed by atoms with Crippen molar-refractivity contribution in [3.63, 3.8) is 0 Å². The fourth-order valence-corrected chi connectivity index (χ4v) is 3.35. The molecule has 0 bridgehead atoms. The Morgan fingerprint density at radius 3 is 2.72 bits per heavy atom. The van der Waals surface area contributed by atoms with E-state index in [-0.39, 0.29) is 5.91 Å². The van der Waals surface area contributed by atoms with Gasteiger partial charge in [-0.1, -0.05) is 53.3 Å². The third kappa shape index (κ3) is 2.89. The van der Waals surface area contributed by atoms with Crippen LogP contribution in [0.25, 0.3) is 16.3 Å². The van der Waals surface area contributed by atoms with Gasteiger partial charge in [-0.3, -0.25) is 10.1 Å². The number of aryl methyl sites for hydroxylation is 2. The fourth-order valence-electron chi connectivity index (χ4n) is 2.61. The molecule has 7 heteroatoms. The second-order valence-corrected chi connectivity index (χ2v) is 6.72. The number of carbonyl (C=O) groups is 1. The Labute approximate surface area is 148 Å². The number of fused-ring (bicyclic) bond motifs is 1. The molecule has 2 aromatic carbocycles. The summed E-state index contributed by atoms with van der Waals surface area (Å²) in [5.41, 5.74) is 3.70. The first-order chi connectivity index (χ1) is 12.1. The molecule has 25 heavy (non-hydrogen) atoms. The minimum atomic E-state index is -0.189. The van der Waals surface area contributed by atoms with Gasteiger partial charge in [0.25, 0.3) is 5.91 Å². The number of hydrogen-bond donors (Lipinski definition) is 1. The minimum absolute atomic E-state index is 0.189. The van der Waals surface area contributed by atoms with E-state index in [1.54, 1.807) is 10.6 Å². The number of rotatable bonds is 3. The number of carbonyl (C=O) groups excluding carboxylic acids is 1. The van der Waals surface area contributed by atoms with E-state index in [0.717, 1.165) is 16.7 Å². The van der Waals surface area contributed by atoms with E-state index >= 15 is 0 Å². The van der Waals surface area contributed by atoms with Crippen molar-refractivity contribution in [1.29, 1.82) is 0 Å². The van der Waals surface area contributed by atoms with Crippen LogP contribution in [-0.4, -0.2) is 25.7 Å². The van der Waals surface area contributed by atoms with Gasteiger partial charge in [-0.25, -0.2) is 0 Å². The summed E-state index contributed by atoms with van der Waals surface area (Å²) in [5.74, 6) is 0.478. The molecule has 2 heterocycles. The van der Waals surface area contributed by atoms with Gasteiger partial charge in [0.15, 0.2) is 5.82 Å². The van der Waals surface area contributed by atoms with Crippen molar-refractivity contribution < 1.29 is 4.79 Å². The molecule has 0 spiro atoms. The Morgan fingerprint density at radius 2 is 1.92 bits per heavy atom. The summed E-state index contributed by atoms with van der Waals surface area (Å²) in [5, 5.41) is 16.2. The number of aromatic nitrogens is 4. The SMILES string of the molecule is Cc1cccc(C(=O)Nc2nn3c(-c4ccccc4C)nnc3s2)c1. The topological polar surface area (TPSA) is 72.2 Å². The van der Waals surface area contributed by atoms with Crippen molar-refractivity contribution in [2.45, 2.75) is 13.8 Å². The lowest BCUT2D eigenvalue weighted by atomic mass is 10.1. The molecule has 4 rings (SSSR count). The molecular weight excluding hydrogens is 334 g/mol. The third-order valence-corrected chi connectivity index (χ3v) is 4.69. The maximum Gasteiger partial charge on any atom is 0.257 e. The van der Waals surface area contributed by atoms with Gasteiger partial charge in [-0.15, -0.1) is 15.3 Å². The Bertz CT molecular complexity index is 1080. The van der Waals surface area contributed by atoms with E-state index in [2.05, 4.69) is 20.6 Å². The Kier molecular flexibility index (Phi) is 3.77. The highest BCUT2D eigenvalue weighted by atomic mass is 32.1. The van der Waals surface area contributed by atoms with Crippen molar-refractivity contribution in [1.82, 2.24) is 19.8 Å². The fraction of sp³-hybridized carbons (Fsp3) is 0.111. The summed E-state index contributed by atoms with van der Waals surface area (Å²) in [4.78, 5) is 13.0. The van der Waals surface area contributed by atoms with E-state index in [1.807, 2.05) is 56.3 Å². The monoisotopic (exact) mass is 349 g/mol. The number of nitrogens with one attached hydrogen (secondary N) is 1. The zero-order valence-electron chi connectivity index (χ0n) is 13.7. The zero-order chi connectivity index (χ0) is 17.4. The van der Waals surface area contributed by atoms with E-state index in [4.69, 9.17) is 0 Å². The molecule has 0 aliphatic carbocycles. The Hall–Kier alpha value is -3.06. The number of benzene rings is 2. The van der Waals surface area contributed by atoms with Crippen molar-refractivity contribution in [3.05, 3.63) is 65.2 Å². The Morgan fingerprint density at radius 1 is 1.08 bits per heavy atom. The third-order valence-electron chi connectivity index (χ3n) is 3.88. The quantitative estimate of drug-likeness (QED) is 0.612. The van der Waals surface area contributed by atoms with Crippen LogP contribution in [0.2, 0.25) is 0 Å². The molecule has 0 fully saturated rings. The molecule has 124 valence electrons. The molecule has 4 aromatic rings. The molecule has 0 aliphatic heterocycles. The van der Waals surface area contributed by atoms with Crippen LogP contribution in [0.1, 0.15) is 21.5 Å². The molecule has 0 atom stereocenters. The van der Waals surface area contributed by atoms with E-state index in [0.29, 0.717) is 21.5 Å². The molecule has 0 aliphatic rings. The molecular formula is C18H15N5OS. The second kappa shape index (κ2) is 6.10. The van der Waals surface area contributed by atoms with Gasteiger partial charge in [0, 0.05) is 11.1 Å². The summed E-state index contributed by atoms with van der Waals surface area (Å²) >= 11 is 1.29. The molecule has 0 saturated heterocycles. The second-order valence-electron chi connectivity index (χ2n) is 5.76. The lowest BCUT2D eigenvalue weighted by Gasteiger charge is -2.02. The summed E-state index contributed by atoms with van der Waals surface area (Å²) in [6.45, 7) is 3.97. The van der Waals surface area contributed by atoms with Crippen molar-refractivity contribution >= 4 is 27.3 Å². The van der Waals surface area contributed by atoms with Crippen LogP contribution in [0.3, 0.4) is 0 Å². The predicted octanol–water partition coefficient (Wildman–Crippen LogP) is 3.72. The molecule has 1 N–H and O–H groups in total. The van der Waals surface area contributed by atoms with E-state index in [1.165, 1.54) is 11.3 Å². The lowest BCUT2D eigenvalue weighted by molar-refractivity contribution is 0.102. The lowest BCUT2D eigenvalue weighted by Crippen LogP contribution is -2.12. The van der Waals surface area contributed by atoms with Gasteiger partial charge in [-0.2, -0.15) is 4.52 Å². The van der Waals surface area contributed by atoms with E-state index in [9.17, 15) is 4.79 Å². The van der Waals surface area contributed by atoms with Gasteiger partial charge >= 0.3 is 0 Å². The smallest absolute Gasteiger partial charge is 0.257 e. The van der Waals surface area contributed by atoms with Gasteiger partial charge in [0.1, 0.15) is 0 Å². The molecule has 0 unspecified atom stereocenters. The van der Waals surface area contributed by atoms with Gasteiger partial charge in [-0.05, 0) is 31.5 Å². The average Bonchev–Trinajstić information content (AvgIpc) is 3.15. The molecule has 0 saturated carbocycles. The molecule has 0 radical (unpaired) electrons. The summed E-state index contributed by atoms with van der Waals surface area (Å²) < 4.78 is 1.67. The van der Waals surface area contributed by atoms with Crippen LogP contribution in [0.4, 0.5) is 5.13 Å². The van der Waals surface area contributed by atoms with Gasteiger partial charge < -0.3 is 0 Å². The highest BCUT2D eigenvalue weighted by Crippen LogP contribution is 2.26. The normalized spacial score (nSPS) is 11.0.